The molecule has 0 fully saturated rings. The van der Waals surface area contributed by atoms with Gasteiger partial charge >= 0.3 is 5.38 Å². The molecule has 0 bridgehead atoms. The lowest BCUT2D eigenvalue weighted by atomic mass is 10.4. The van der Waals surface area contributed by atoms with Crippen molar-refractivity contribution in [1.82, 2.24) is 29.6 Å². The van der Waals surface area contributed by atoms with Crippen LogP contribution in [0.2, 0.25) is 0 Å². The van der Waals surface area contributed by atoms with Crippen LogP contribution in [0.1, 0.15) is 12.7 Å². The molecule has 0 aliphatic carbocycles. The molecule has 10 heteroatoms. The Kier molecular flexibility index (Phi) is 2.75. The number of hydrogen-bond donors (Lipinski definition) is 0. The van der Waals surface area contributed by atoms with E-state index in [2.05, 4.69) is 20.4 Å². The molecule has 0 aliphatic heterocycles. The van der Waals surface area contributed by atoms with Crippen molar-refractivity contribution in [2.24, 2.45) is 0 Å². The summed E-state index contributed by atoms with van der Waals surface area (Å²) in [5.74, 6) is -0.686. The second-order valence-corrected chi connectivity index (χ2v) is 5.14. The van der Waals surface area contributed by atoms with Crippen molar-refractivity contribution in [2.75, 3.05) is 0 Å². The summed E-state index contributed by atoms with van der Waals surface area (Å²) in [6.45, 7) is 2.66. The van der Waals surface area contributed by atoms with Crippen LogP contribution in [0.15, 0.2) is 12.4 Å². The van der Waals surface area contributed by atoms with E-state index in [4.69, 9.17) is 11.6 Å². The molecule has 0 saturated carbocycles. The second-order valence-electron chi connectivity index (χ2n) is 3.71. The Bertz CT molecular complexity index is 727. The zero-order valence-corrected chi connectivity index (χ0v) is 11.2. The van der Waals surface area contributed by atoms with Crippen LogP contribution in [0.4, 0.5) is 8.78 Å². The number of hydrogen-bond acceptors (Lipinski definition) is 5. The number of nitrogens with zero attached hydrogens (tertiary/aromatic N) is 6. The zero-order valence-electron chi connectivity index (χ0n) is 9.59. The minimum Gasteiger partial charge on any atom is -0.272 e. The lowest BCUT2D eigenvalue weighted by Crippen LogP contribution is -2.10. The van der Waals surface area contributed by atoms with Gasteiger partial charge < -0.3 is 0 Å². The van der Waals surface area contributed by atoms with E-state index >= 15 is 0 Å². The molecule has 3 aromatic heterocycles. The molecule has 0 unspecified atom stereocenters. The molecule has 0 aromatic carbocycles. The number of alkyl halides is 3. The highest BCUT2D eigenvalue weighted by Crippen LogP contribution is 2.33. The largest absolute Gasteiger partial charge is 0.383 e. The van der Waals surface area contributed by atoms with E-state index < -0.39 is 11.2 Å². The van der Waals surface area contributed by atoms with Gasteiger partial charge in [0.1, 0.15) is 0 Å². The van der Waals surface area contributed by atoms with E-state index in [0.29, 0.717) is 5.01 Å². The van der Waals surface area contributed by atoms with Crippen molar-refractivity contribution >= 4 is 27.9 Å². The van der Waals surface area contributed by atoms with Gasteiger partial charge in [-0.2, -0.15) is 23.5 Å². The van der Waals surface area contributed by atoms with Crippen LogP contribution in [-0.4, -0.2) is 29.6 Å². The van der Waals surface area contributed by atoms with Gasteiger partial charge in [-0.05, 0) is 18.5 Å². The van der Waals surface area contributed by atoms with Gasteiger partial charge in [-0.1, -0.05) is 11.3 Å². The predicted molar refractivity (Wildman–Crippen MR) is 65.3 cm³/mol. The maximum atomic E-state index is 13.1. The molecule has 0 atom stereocenters. The minimum atomic E-state index is -3.60. The van der Waals surface area contributed by atoms with Crippen LogP contribution >= 0.6 is 22.9 Å². The van der Waals surface area contributed by atoms with E-state index in [1.165, 1.54) is 0 Å². The Hall–Kier alpha value is -1.61. The Morgan fingerprint density at radius 2 is 2.21 bits per heavy atom. The van der Waals surface area contributed by atoms with E-state index in [0.717, 1.165) is 28.0 Å². The lowest BCUT2D eigenvalue weighted by Gasteiger charge is -2.01. The van der Waals surface area contributed by atoms with Gasteiger partial charge in [-0.15, -0.1) is 10.2 Å². The molecule has 0 spiro atoms. The molecule has 3 aromatic rings. The topological polar surface area (TPSA) is 60.9 Å². The number of aromatic nitrogens is 6. The van der Waals surface area contributed by atoms with Crippen molar-refractivity contribution < 1.29 is 8.78 Å². The van der Waals surface area contributed by atoms with Gasteiger partial charge in [0, 0.05) is 12.7 Å². The van der Waals surface area contributed by atoms with Crippen LogP contribution in [0.5, 0.6) is 0 Å². The van der Waals surface area contributed by atoms with Crippen molar-refractivity contribution in [3.05, 3.63) is 18.2 Å². The molecule has 6 nitrogen and oxygen atoms in total. The highest BCUT2D eigenvalue weighted by atomic mass is 35.5. The molecule has 3 rings (SSSR count). The fraction of sp³-hybridized carbons (Fsp3) is 0.333. The van der Waals surface area contributed by atoms with Gasteiger partial charge in [-0.25, -0.2) is 0 Å². The SMILES string of the molecule is CCn1cc(-c2nn3c(C(F)(F)Cl)nnc3s2)cn1. The van der Waals surface area contributed by atoms with Crippen molar-refractivity contribution in [1.29, 1.82) is 0 Å². The molecule has 3 heterocycles. The molecule has 0 amide bonds. The third-order valence-electron chi connectivity index (χ3n) is 2.45. The number of rotatable bonds is 3. The number of aryl methyl sites for hydroxylation is 1. The molecule has 100 valence electrons. The van der Waals surface area contributed by atoms with Crippen LogP contribution in [0, 0.1) is 0 Å². The highest BCUT2D eigenvalue weighted by molar-refractivity contribution is 7.19. The molecular formula is C9H7ClF2N6S. The van der Waals surface area contributed by atoms with Gasteiger partial charge in [0.2, 0.25) is 10.8 Å². The van der Waals surface area contributed by atoms with E-state index in [1.54, 1.807) is 17.1 Å². The van der Waals surface area contributed by atoms with Crippen molar-refractivity contribution in [3.63, 3.8) is 0 Å². The lowest BCUT2D eigenvalue weighted by molar-refractivity contribution is 0.0821. The summed E-state index contributed by atoms with van der Waals surface area (Å²) in [6.07, 6.45) is 3.40. The quantitative estimate of drug-likeness (QED) is 0.697. The van der Waals surface area contributed by atoms with Gasteiger partial charge in [-0.3, -0.25) is 4.68 Å². The Balaban J connectivity index is 2.09. The molecule has 0 N–H and O–H groups in total. The average Bonchev–Trinajstić information content (AvgIpc) is 3.00. The first-order valence-electron chi connectivity index (χ1n) is 5.31. The Morgan fingerprint density at radius 3 is 2.84 bits per heavy atom. The maximum absolute atomic E-state index is 13.1. The monoisotopic (exact) mass is 304 g/mol. The third-order valence-corrected chi connectivity index (χ3v) is 3.57. The van der Waals surface area contributed by atoms with E-state index in [-0.39, 0.29) is 4.96 Å². The number of fused-ring (bicyclic) bond motifs is 1. The van der Waals surface area contributed by atoms with E-state index in [9.17, 15) is 8.78 Å². The van der Waals surface area contributed by atoms with Crippen LogP contribution in [0.3, 0.4) is 0 Å². The van der Waals surface area contributed by atoms with Crippen LogP contribution < -0.4 is 0 Å². The van der Waals surface area contributed by atoms with Gasteiger partial charge in [0.25, 0.3) is 0 Å². The van der Waals surface area contributed by atoms with Crippen LogP contribution in [0.25, 0.3) is 15.5 Å². The Labute approximate surface area is 114 Å². The summed E-state index contributed by atoms with van der Waals surface area (Å²) in [4.78, 5) is 0.259. The number of halogens is 3. The molecule has 0 saturated heterocycles. The summed E-state index contributed by atoms with van der Waals surface area (Å²) in [5, 5.41) is 12.1. The Morgan fingerprint density at radius 1 is 1.42 bits per heavy atom. The normalized spacial score (nSPS) is 12.4. The first kappa shape index (κ1) is 12.4. The zero-order chi connectivity index (χ0) is 13.6. The first-order chi connectivity index (χ1) is 8.99. The van der Waals surface area contributed by atoms with E-state index in [1.807, 2.05) is 6.92 Å². The smallest absolute Gasteiger partial charge is 0.272 e. The van der Waals surface area contributed by atoms with Gasteiger partial charge in [0.05, 0.1) is 11.8 Å². The first-order valence-corrected chi connectivity index (χ1v) is 6.50. The van der Waals surface area contributed by atoms with Crippen molar-refractivity contribution in [2.45, 2.75) is 18.9 Å². The summed E-state index contributed by atoms with van der Waals surface area (Å²) < 4.78 is 28.8. The standard InChI is InChI=1S/C9H7ClF2N6S/c1-2-17-4-5(3-13-17)6-16-18-7(9(10,11)12)14-15-8(18)19-6/h3-4H,2H2,1H3. The second kappa shape index (κ2) is 4.20. The molecular weight excluding hydrogens is 298 g/mol. The fourth-order valence-corrected chi connectivity index (χ4v) is 2.49. The summed E-state index contributed by atoms with van der Waals surface area (Å²) in [7, 11) is 0. The third kappa shape index (κ3) is 2.08. The average molecular weight is 305 g/mol. The van der Waals surface area contributed by atoms with Crippen molar-refractivity contribution in [3.8, 4) is 10.6 Å². The van der Waals surface area contributed by atoms with Gasteiger partial charge in [0.15, 0.2) is 5.01 Å². The molecule has 0 radical (unpaired) electrons. The fourth-order valence-electron chi connectivity index (χ4n) is 1.56. The summed E-state index contributed by atoms with van der Waals surface area (Å²) in [5.41, 5.74) is 0.737. The molecule has 19 heavy (non-hydrogen) atoms. The highest BCUT2D eigenvalue weighted by Gasteiger charge is 2.35. The minimum absolute atomic E-state index is 0.259. The summed E-state index contributed by atoms with van der Waals surface area (Å²) >= 11 is 6.10. The predicted octanol–water partition coefficient (Wildman–Crippen LogP) is 2.36. The molecule has 0 aliphatic rings. The maximum Gasteiger partial charge on any atom is 0.383 e. The summed E-state index contributed by atoms with van der Waals surface area (Å²) in [6, 6.07) is 0. The van der Waals surface area contributed by atoms with Crippen LogP contribution in [-0.2, 0) is 11.9 Å².